The van der Waals surface area contributed by atoms with Gasteiger partial charge in [0.05, 0.1) is 0 Å². The maximum atomic E-state index is 11.3. The number of carbonyl (C=O) groups is 1. The fourth-order valence-corrected chi connectivity index (χ4v) is 3.40. The maximum absolute atomic E-state index is 11.3. The summed E-state index contributed by atoms with van der Waals surface area (Å²) in [5, 5.41) is 0. The van der Waals surface area contributed by atoms with Crippen molar-refractivity contribution < 1.29 is 9.53 Å². The number of carbonyl (C=O) groups excluding carboxylic acids is 1. The number of ether oxygens (including phenoxy) is 1. The smallest absolute Gasteiger partial charge is 0.213 e. The third-order valence-electron chi connectivity index (χ3n) is 5.07. The van der Waals surface area contributed by atoms with Crippen molar-refractivity contribution in [3.05, 3.63) is 48.2 Å². The van der Waals surface area contributed by atoms with Gasteiger partial charge in [0, 0.05) is 30.5 Å². The van der Waals surface area contributed by atoms with Crippen LogP contribution in [0.15, 0.2) is 42.6 Å². The van der Waals surface area contributed by atoms with Crippen LogP contribution in [0.3, 0.4) is 0 Å². The molecule has 3 nitrogen and oxygen atoms in total. The summed E-state index contributed by atoms with van der Waals surface area (Å²) in [6.07, 6.45) is 11.1. The molecule has 2 fully saturated rings. The Morgan fingerprint density at radius 1 is 1.36 bits per heavy atom. The molecular formula is C19H23NO2. The summed E-state index contributed by atoms with van der Waals surface area (Å²) in [6.45, 7) is 6.07. The Balaban J connectivity index is 1.74. The second-order valence-corrected chi connectivity index (χ2v) is 6.50. The average Bonchev–Trinajstić information content (AvgIpc) is 2.53. The molecule has 0 N–H and O–H groups in total. The first-order valence-corrected chi connectivity index (χ1v) is 8.09. The van der Waals surface area contributed by atoms with Gasteiger partial charge in [-0.2, -0.15) is 0 Å². The van der Waals surface area contributed by atoms with Crippen LogP contribution in [-0.2, 0) is 10.2 Å². The Hall–Kier alpha value is -1.90. The van der Waals surface area contributed by atoms with Crippen molar-refractivity contribution in [2.75, 3.05) is 0 Å². The maximum Gasteiger partial charge on any atom is 0.213 e. The molecule has 1 aromatic rings. The van der Waals surface area contributed by atoms with E-state index in [1.54, 1.807) is 0 Å². The summed E-state index contributed by atoms with van der Waals surface area (Å²) >= 11 is 0. The molecule has 0 aromatic carbocycles. The van der Waals surface area contributed by atoms with Crippen LogP contribution in [-0.4, -0.2) is 16.9 Å². The molecule has 3 rings (SSSR count). The van der Waals surface area contributed by atoms with Gasteiger partial charge < -0.3 is 4.74 Å². The van der Waals surface area contributed by atoms with Gasteiger partial charge in [-0.05, 0) is 37.3 Å². The molecule has 1 aromatic heterocycles. The molecule has 2 aliphatic carbocycles. The molecule has 2 aliphatic rings. The molecule has 0 radical (unpaired) electrons. The number of Topliss-reactive ketones (excluding diaryl/α,β-unsaturated/α-hetero) is 1. The van der Waals surface area contributed by atoms with Gasteiger partial charge in [0.1, 0.15) is 11.9 Å². The summed E-state index contributed by atoms with van der Waals surface area (Å²) in [7, 11) is 0. The Bertz CT molecular complexity index is 610. The van der Waals surface area contributed by atoms with E-state index in [4.69, 9.17) is 4.74 Å². The fourth-order valence-electron chi connectivity index (χ4n) is 3.40. The zero-order chi connectivity index (χ0) is 15.6. The summed E-state index contributed by atoms with van der Waals surface area (Å²) in [5.41, 5.74) is 2.75. The SMILES string of the molecule is C=C/C=C1/CCC1(C)c1ccnc(OC2CCC(=O)CC2)c1. The van der Waals surface area contributed by atoms with Crippen molar-refractivity contribution in [2.24, 2.45) is 0 Å². The van der Waals surface area contributed by atoms with Crippen molar-refractivity contribution in [3.63, 3.8) is 0 Å². The van der Waals surface area contributed by atoms with E-state index in [2.05, 4.69) is 36.7 Å². The van der Waals surface area contributed by atoms with Crippen molar-refractivity contribution >= 4 is 5.78 Å². The minimum atomic E-state index is 0.0811. The molecule has 0 amide bonds. The number of nitrogens with zero attached hydrogens (tertiary/aromatic N) is 1. The van der Waals surface area contributed by atoms with E-state index >= 15 is 0 Å². The molecule has 2 saturated carbocycles. The number of hydrogen-bond acceptors (Lipinski definition) is 3. The van der Waals surface area contributed by atoms with E-state index in [-0.39, 0.29) is 11.5 Å². The van der Waals surface area contributed by atoms with Crippen molar-refractivity contribution in [2.45, 2.75) is 57.0 Å². The molecule has 22 heavy (non-hydrogen) atoms. The van der Waals surface area contributed by atoms with Gasteiger partial charge in [-0.1, -0.05) is 31.2 Å². The van der Waals surface area contributed by atoms with Crippen LogP contribution < -0.4 is 4.74 Å². The predicted molar refractivity (Wildman–Crippen MR) is 87.0 cm³/mol. The monoisotopic (exact) mass is 297 g/mol. The van der Waals surface area contributed by atoms with E-state index in [0.717, 1.165) is 25.7 Å². The molecule has 1 unspecified atom stereocenters. The second kappa shape index (κ2) is 6.07. The molecule has 3 heteroatoms. The van der Waals surface area contributed by atoms with Gasteiger partial charge in [-0.25, -0.2) is 4.98 Å². The van der Waals surface area contributed by atoms with Gasteiger partial charge in [0.25, 0.3) is 0 Å². The molecular weight excluding hydrogens is 274 g/mol. The Morgan fingerprint density at radius 2 is 2.14 bits per heavy atom. The number of rotatable bonds is 4. The number of allylic oxidation sites excluding steroid dienone is 3. The third-order valence-corrected chi connectivity index (χ3v) is 5.07. The number of hydrogen-bond donors (Lipinski definition) is 0. The molecule has 0 spiro atoms. The number of aromatic nitrogens is 1. The van der Waals surface area contributed by atoms with E-state index in [0.29, 0.717) is 24.5 Å². The number of ketones is 1. The van der Waals surface area contributed by atoms with E-state index in [1.807, 2.05) is 12.3 Å². The lowest BCUT2D eigenvalue weighted by molar-refractivity contribution is -0.121. The highest BCUT2D eigenvalue weighted by Crippen LogP contribution is 2.48. The highest BCUT2D eigenvalue weighted by Gasteiger charge is 2.38. The second-order valence-electron chi connectivity index (χ2n) is 6.50. The normalized spacial score (nSPS) is 27.5. The Kier molecular flexibility index (Phi) is 4.14. The largest absolute Gasteiger partial charge is 0.474 e. The van der Waals surface area contributed by atoms with Gasteiger partial charge in [0.15, 0.2) is 0 Å². The van der Waals surface area contributed by atoms with Gasteiger partial charge in [-0.3, -0.25) is 4.79 Å². The van der Waals surface area contributed by atoms with E-state index < -0.39 is 0 Å². The molecule has 1 heterocycles. The van der Waals surface area contributed by atoms with Crippen LogP contribution in [0.4, 0.5) is 0 Å². The molecule has 0 aliphatic heterocycles. The minimum absolute atomic E-state index is 0.0811. The van der Waals surface area contributed by atoms with Gasteiger partial charge in [-0.15, -0.1) is 0 Å². The quantitative estimate of drug-likeness (QED) is 0.838. The van der Waals surface area contributed by atoms with Crippen molar-refractivity contribution in [1.82, 2.24) is 4.98 Å². The zero-order valence-electron chi connectivity index (χ0n) is 13.2. The third kappa shape index (κ3) is 2.85. The predicted octanol–water partition coefficient (Wildman–Crippen LogP) is 4.14. The number of pyridine rings is 1. The Labute approximate surface area is 132 Å². The van der Waals surface area contributed by atoms with E-state index in [9.17, 15) is 4.79 Å². The highest BCUT2D eigenvalue weighted by atomic mass is 16.5. The molecule has 116 valence electrons. The van der Waals surface area contributed by atoms with Crippen molar-refractivity contribution in [3.8, 4) is 5.88 Å². The van der Waals surface area contributed by atoms with Crippen LogP contribution in [0.1, 0.15) is 51.0 Å². The lowest BCUT2D eigenvalue weighted by Gasteiger charge is -2.42. The highest BCUT2D eigenvalue weighted by molar-refractivity contribution is 5.79. The summed E-state index contributed by atoms with van der Waals surface area (Å²) in [6, 6.07) is 4.14. The van der Waals surface area contributed by atoms with Gasteiger partial charge in [0.2, 0.25) is 5.88 Å². The van der Waals surface area contributed by atoms with Crippen LogP contribution in [0.5, 0.6) is 5.88 Å². The zero-order valence-corrected chi connectivity index (χ0v) is 13.2. The standard InChI is InChI=1S/C19H23NO2/c1-3-4-14-9-11-19(14,2)15-10-12-20-18(13-15)22-17-7-5-16(21)6-8-17/h3-4,10,12-13,17H,1,5-9,11H2,2H3/b14-4-. The first kappa shape index (κ1) is 15.0. The lowest BCUT2D eigenvalue weighted by atomic mass is 9.62. The fraction of sp³-hybridized carbons (Fsp3) is 0.474. The first-order chi connectivity index (χ1) is 10.6. The molecule has 0 bridgehead atoms. The lowest BCUT2D eigenvalue weighted by Crippen LogP contribution is -2.34. The van der Waals surface area contributed by atoms with E-state index in [1.165, 1.54) is 11.1 Å². The average molecular weight is 297 g/mol. The Morgan fingerprint density at radius 3 is 2.77 bits per heavy atom. The minimum Gasteiger partial charge on any atom is -0.474 e. The van der Waals surface area contributed by atoms with Crippen LogP contribution in [0, 0.1) is 0 Å². The van der Waals surface area contributed by atoms with Crippen LogP contribution >= 0.6 is 0 Å². The van der Waals surface area contributed by atoms with Crippen LogP contribution in [0.25, 0.3) is 0 Å². The molecule has 0 saturated heterocycles. The first-order valence-electron chi connectivity index (χ1n) is 8.09. The van der Waals surface area contributed by atoms with Crippen molar-refractivity contribution in [1.29, 1.82) is 0 Å². The summed E-state index contributed by atoms with van der Waals surface area (Å²) in [4.78, 5) is 15.7. The summed E-state index contributed by atoms with van der Waals surface area (Å²) in [5.74, 6) is 1.03. The summed E-state index contributed by atoms with van der Waals surface area (Å²) < 4.78 is 6.00. The van der Waals surface area contributed by atoms with Gasteiger partial charge >= 0.3 is 0 Å². The van der Waals surface area contributed by atoms with Crippen LogP contribution in [0.2, 0.25) is 0 Å². The topological polar surface area (TPSA) is 39.2 Å². The molecule has 1 atom stereocenters.